The first kappa shape index (κ1) is 26.4. The smallest absolute Gasteiger partial charge is 0.351 e. The molecule has 0 saturated carbocycles. The van der Waals surface area contributed by atoms with Crippen molar-refractivity contribution >= 4 is 23.5 Å². The predicted octanol–water partition coefficient (Wildman–Crippen LogP) is 2.29. The molecule has 0 aliphatic rings. The largest absolute Gasteiger partial charge is 0.459 e. The van der Waals surface area contributed by atoms with Crippen LogP contribution in [-0.2, 0) is 19.1 Å². The Morgan fingerprint density at radius 1 is 0.706 bits per heavy atom. The van der Waals surface area contributed by atoms with Gasteiger partial charge < -0.3 is 19.7 Å². The number of ketones is 2. The van der Waals surface area contributed by atoms with Crippen LogP contribution in [-0.4, -0.2) is 58.1 Å². The van der Waals surface area contributed by atoms with E-state index in [1.54, 1.807) is 13.8 Å². The summed E-state index contributed by atoms with van der Waals surface area (Å²) in [6, 6.07) is 11.1. The molecule has 0 bridgehead atoms. The Bertz CT molecular complexity index is 1010. The highest BCUT2D eigenvalue weighted by Crippen LogP contribution is 2.34. The average molecular weight is 466 g/mol. The van der Waals surface area contributed by atoms with E-state index in [4.69, 9.17) is 9.47 Å². The molecule has 2 rings (SSSR count). The molecule has 2 atom stereocenters. The zero-order valence-corrected chi connectivity index (χ0v) is 18.9. The van der Waals surface area contributed by atoms with Gasteiger partial charge in [-0.3, -0.25) is 9.59 Å². The molecule has 0 fully saturated rings. The summed E-state index contributed by atoms with van der Waals surface area (Å²) in [7, 11) is 0. The van der Waals surface area contributed by atoms with Gasteiger partial charge in [-0.1, -0.05) is 85.0 Å². The molecule has 34 heavy (non-hydrogen) atoms. The summed E-state index contributed by atoms with van der Waals surface area (Å²) in [5, 5.41) is 23.0. The van der Waals surface area contributed by atoms with E-state index >= 15 is 0 Å². The lowest BCUT2D eigenvalue weighted by Gasteiger charge is -2.36. The van der Waals surface area contributed by atoms with Gasteiger partial charge in [0.1, 0.15) is 13.2 Å². The van der Waals surface area contributed by atoms with Crippen molar-refractivity contribution in [3.8, 4) is 0 Å². The third-order valence-electron chi connectivity index (χ3n) is 5.06. The van der Waals surface area contributed by atoms with Gasteiger partial charge in [-0.2, -0.15) is 0 Å². The van der Waals surface area contributed by atoms with E-state index in [1.165, 1.54) is 48.5 Å². The van der Waals surface area contributed by atoms with Crippen LogP contribution in [0.4, 0.5) is 0 Å². The van der Waals surface area contributed by atoms with E-state index in [9.17, 15) is 29.4 Å². The molecule has 0 spiro atoms. The molecule has 0 saturated heterocycles. The number of benzene rings is 2. The van der Waals surface area contributed by atoms with Crippen molar-refractivity contribution in [2.75, 3.05) is 13.2 Å². The lowest BCUT2D eigenvalue weighted by molar-refractivity contribution is -0.193. The van der Waals surface area contributed by atoms with Crippen molar-refractivity contribution in [1.82, 2.24) is 0 Å². The molecule has 2 aromatic rings. The summed E-state index contributed by atoms with van der Waals surface area (Å²) >= 11 is 0. The molecule has 0 heterocycles. The molecular formula is C26H26O8. The average Bonchev–Trinajstić information content (AvgIpc) is 2.84. The maximum atomic E-state index is 13.5. The molecule has 0 aliphatic heterocycles. The van der Waals surface area contributed by atoms with E-state index in [0.717, 1.165) is 23.3 Å². The number of Topliss-reactive ketones (excluding diaryl/α,β-unsaturated/α-hetero) is 2. The van der Waals surface area contributed by atoms with Gasteiger partial charge in [0.25, 0.3) is 11.2 Å². The van der Waals surface area contributed by atoms with Crippen LogP contribution in [0.15, 0.2) is 73.8 Å². The Balaban J connectivity index is 2.80. The molecule has 8 heteroatoms. The first-order valence-corrected chi connectivity index (χ1v) is 10.3. The number of hydrogen-bond donors (Lipinski definition) is 2. The van der Waals surface area contributed by atoms with Gasteiger partial charge in [0, 0.05) is 11.1 Å². The number of aryl methyl sites for hydroxylation is 2. The van der Waals surface area contributed by atoms with Gasteiger partial charge in [0.2, 0.25) is 11.6 Å². The number of rotatable bonds is 11. The third kappa shape index (κ3) is 4.88. The summed E-state index contributed by atoms with van der Waals surface area (Å²) in [6.45, 7) is 9.29. The fraction of sp³-hybridized carbons (Fsp3) is 0.231. The van der Waals surface area contributed by atoms with Crippen molar-refractivity contribution < 1.29 is 38.9 Å². The fourth-order valence-electron chi connectivity index (χ4n) is 3.12. The SMILES string of the molecule is C=CCOC(=O)C(O)(C(=O)c1ccc(C)cc1)C(O)(C(=O)OCC=C)C(=O)c1ccc(C)cc1. The van der Waals surface area contributed by atoms with Crippen LogP contribution in [0.3, 0.4) is 0 Å². The maximum absolute atomic E-state index is 13.5. The van der Waals surface area contributed by atoms with Gasteiger partial charge in [-0.25, -0.2) is 9.59 Å². The summed E-state index contributed by atoms with van der Waals surface area (Å²) in [6.07, 6.45) is 2.29. The second-order valence-electron chi connectivity index (χ2n) is 7.59. The van der Waals surface area contributed by atoms with Crippen molar-refractivity contribution in [2.24, 2.45) is 0 Å². The van der Waals surface area contributed by atoms with Crippen LogP contribution in [0.1, 0.15) is 31.8 Å². The van der Waals surface area contributed by atoms with Crippen LogP contribution in [0.2, 0.25) is 0 Å². The number of carbonyl (C=O) groups excluding carboxylic acids is 4. The van der Waals surface area contributed by atoms with Crippen molar-refractivity contribution in [3.63, 3.8) is 0 Å². The molecule has 2 N–H and O–H groups in total. The molecule has 0 aliphatic carbocycles. The zero-order chi connectivity index (χ0) is 25.5. The van der Waals surface area contributed by atoms with E-state index in [0.29, 0.717) is 0 Å². The molecule has 178 valence electrons. The molecule has 2 aromatic carbocycles. The van der Waals surface area contributed by atoms with Gasteiger partial charge in [-0.05, 0) is 13.8 Å². The lowest BCUT2D eigenvalue weighted by atomic mass is 9.72. The minimum Gasteiger partial charge on any atom is -0.459 e. The standard InChI is InChI=1S/C26H26O8/c1-5-15-33-23(29)25(31,21(27)19-11-7-17(3)8-12-19)26(32,24(30)34-16-6-2)22(28)20-13-9-18(4)10-14-20/h5-14,31-32H,1-2,15-16H2,3-4H3. The minimum atomic E-state index is -3.69. The number of esters is 2. The Morgan fingerprint density at radius 3 is 1.26 bits per heavy atom. The Labute approximate surface area is 197 Å². The number of hydrogen-bond acceptors (Lipinski definition) is 8. The molecule has 8 nitrogen and oxygen atoms in total. The molecule has 0 amide bonds. The fourth-order valence-corrected chi connectivity index (χ4v) is 3.12. The third-order valence-corrected chi connectivity index (χ3v) is 5.06. The molecule has 2 unspecified atom stereocenters. The summed E-state index contributed by atoms with van der Waals surface area (Å²) in [5.41, 5.74) is -6.38. The maximum Gasteiger partial charge on any atom is 0.351 e. The van der Waals surface area contributed by atoms with Crippen molar-refractivity contribution in [1.29, 1.82) is 0 Å². The van der Waals surface area contributed by atoms with Gasteiger partial charge in [-0.15, -0.1) is 0 Å². The Morgan fingerprint density at radius 2 is 1.00 bits per heavy atom. The Hall–Kier alpha value is -3.88. The highest BCUT2D eigenvalue weighted by molar-refractivity contribution is 6.29. The quantitative estimate of drug-likeness (QED) is 0.224. The normalized spacial score (nSPS) is 14.1. The second kappa shape index (κ2) is 10.8. The topological polar surface area (TPSA) is 127 Å². The van der Waals surface area contributed by atoms with E-state index in [-0.39, 0.29) is 11.1 Å². The van der Waals surface area contributed by atoms with Crippen molar-refractivity contribution in [2.45, 2.75) is 25.0 Å². The van der Waals surface area contributed by atoms with Gasteiger partial charge >= 0.3 is 11.9 Å². The molecule has 0 aromatic heterocycles. The second-order valence-corrected chi connectivity index (χ2v) is 7.59. The summed E-state index contributed by atoms with van der Waals surface area (Å²) < 4.78 is 9.72. The number of ether oxygens (including phenoxy) is 2. The molecule has 0 radical (unpaired) electrons. The van der Waals surface area contributed by atoms with Crippen molar-refractivity contribution in [3.05, 3.63) is 96.1 Å². The zero-order valence-electron chi connectivity index (χ0n) is 18.9. The lowest BCUT2D eigenvalue weighted by Crippen LogP contribution is -2.72. The first-order valence-electron chi connectivity index (χ1n) is 10.3. The minimum absolute atomic E-state index is 0.254. The van der Waals surface area contributed by atoms with Gasteiger partial charge in [0.05, 0.1) is 0 Å². The summed E-state index contributed by atoms with van der Waals surface area (Å²) in [5.74, 6) is -6.31. The number of carbonyl (C=O) groups is 4. The van der Waals surface area contributed by atoms with Crippen LogP contribution >= 0.6 is 0 Å². The van der Waals surface area contributed by atoms with E-state index in [1.807, 2.05) is 0 Å². The monoisotopic (exact) mass is 466 g/mol. The van der Waals surface area contributed by atoms with Crippen LogP contribution in [0.25, 0.3) is 0 Å². The molecular weight excluding hydrogens is 440 g/mol. The van der Waals surface area contributed by atoms with Gasteiger partial charge in [0.15, 0.2) is 0 Å². The highest BCUT2D eigenvalue weighted by atomic mass is 16.6. The van der Waals surface area contributed by atoms with Crippen LogP contribution < -0.4 is 0 Å². The van der Waals surface area contributed by atoms with E-state index in [2.05, 4.69) is 13.2 Å². The predicted molar refractivity (Wildman–Crippen MR) is 123 cm³/mol. The van der Waals surface area contributed by atoms with Crippen LogP contribution in [0.5, 0.6) is 0 Å². The van der Waals surface area contributed by atoms with E-state index < -0.39 is 47.9 Å². The Kier molecular flexibility index (Phi) is 8.40. The van der Waals surface area contributed by atoms with Crippen LogP contribution in [0, 0.1) is 13.8 Å². The number of aliphatic hydroxyl groups is 2. The first-order chi connectivity index (χ1) is 16.0. The highest BCUT2D eigenvalue weighted by Gasteiger charge is 2.70. The summed E-state index contributed by atoms with van der Waals surface area (Å²) in [4.78, 5) is 53.0.